The van der Waals surface area contributed by atoms with Gasteiger partial charge in [-0.25, -0.2) is 4.98 Å². The lowest BCUT2D eigenvalue weighted by Crippen LogP contribution is -2.26. The zero-order valence-electron chi connectivity index (χ0n) is 9.25. The molecule has 0 aliphatic heterocycles. The van der Waals surface area contributed by atoms with Crippen molar-refractivity contribution in [2.45, 2.75) is 33.1 Å². The van der Waals surface area contributed by atoms with Gasteiger partial charge in [-0.1, -0.05) is 20.8 Å². The maximum atomic E-state index is 11.5. The highest BCUT2D eigenvalue weighted by Crippen LogP contribution is 2.25. The molecule has 0 atom stereocenters. The van der Waals surface area contributed by atoms with Gasteiger partial charge in [-0.3, -0.25) is 9.36 Å². The first-order valence-corrected chi connectivity index (χ1v) is 4.52. The molecular weight excluding hydrogens is 180 g/mol. The first-order valence-electron chi connectivity index (χ1n) is 4.52. The highest BCUT2D eigenvalue weighted by molar-refractivity contribution is 5.29. The number of aromatic hydroxyl groups is 1. The smallest absolute Gasteiger partial charge is 0.295 e. The van der Waals surface area contributed by atoms with E-state index >= 15 is 0 Å². The molecule has 1 aromatic rings. The molecule has 0 unspecified atom stereocenters. The Morgan fingerprint density at radius 3 is 2.29 bits per heavy atom. The lowest BCUT2D eigenvalue weighted by Gasteiger charge is -2.19. The molecule has 0 bridgehead atoms. The third-order valence-electron chi connectivity index (χ3n) is 2.20. The van der Waals surface area contributed by atoms with Crippen molar-refractivity contribution >= 4 is 0 Å². The summed E-state index contributed by atoms with van der Waals surface area (Å²) in [6.45, 7) is 7.48. The van der Waals surface area contributed by atoms with Crippen molar-refractivity contribution in [2.75, 3.05) is 0 Å². The van der Waals surface area contributed by atoms with E-state index in [0.29, 0.717) is 11.5 Å². The van der Waals surface area contributed by atoms with Gasteiger partial charge in [0.05, 0.1) is 5.69 Å². The lowest BCUT2D eigenvalue weighted by atomic mass is 9.91. The van der Waals surface area contributed by atoms with Crippen LogP contribution in [0.15, 0.2) is 4.79 Å². The molecule has 0 aromatic carbocycles. The fraction of sp³-hybridized carbons (Fsp3) is 0.600. The Bertz CT molecular complexity index is 413. The van der Waals surface area contributed by atoms with Crippen LogP contribution in [0.1, 0.15) is 32.3 Å². The molecule has 78 valence electrons. The van der Waals surface area contributed by atoms with Gasteiger partial charge >= 0.3 is 0 Å². The van der Waals surface area contributed by atoms with Crippen LogP contribution in [0, 0.1) is 6.92 Å². The molecule has 0 aliphatic carbocycles. The van der Waals surface area contributed by atoms with Crippen LogP contribution in [-0.4, -0.2) is 14.7 Å². The summed E-state index contributed by atoms with van der Waals surface area (Å²) >= 11 is 0. The number of hydrogen-bond donors (Lipinski definition) is 1. The summed E-state index contributed by atoms with van der Waals surface area (Å²) in [6, 6.07) is 0. The van der Waals surface area contributed by atoms with E-state index in [0.717, 1.165) is 0 Å². The van der Waals surface area contributed by atoms with Crippen LogP contribution in [0.2, 0.25) is 0 Å². The fourth-order valence-electron chi connectivity index (χ4n) is 1.22. The van der Waals surface area contributed by atoms with Crippen molar-refractivity contribution in [3.63, 3.8) is 0 Å². The number of aryl methyl sites for hydroxylation is 1. The second kappa shape index (κ2) is 3.12. The molecule has 0 saturated carbocycles. The number of aromatic nitrogens is 2. The van der Waals surface area contributed by atoms with E-state index in [4.69, 9.17) is 0 Å². The molecule has 0 spiro atoms. The van der Waals surface area contributed by atoms with E-state index in [1.165, 1.54) is 4.57 Å². The number of rotatable bonds is 0. The molecule has 1 aromatic heterocycles. The van der Waals surface area contributed by atoms with Crippen molar-refractivity contribution < 1.29 is 5.11 Å². The van der Waals surface area contributed by atoms with Gasteiger partial charge in [0, 0.05) is 12.5 Å². The Hall–Kier alpha value is -1.32. The van der Waals surface area contributed by atoms with E-state index < -0.39 is 0 Å². The van der Waals surface area contributed by atoms with Crippen LogP contribution in [0.25, 0.3) is 0 Å². The Kier molecular flexibility index (Phi) is 2.39. The van der Waals surface area contributed by atoms with Crippen molar-refractivity contribution in [3.8, 4) is 5.75 Å². The van der Waals surface area contributed by atoms with Gasteiger partial charge in [-0.2, -0.15) is 0 Å². The first kappa shape index (κ1) is 10.8. The standard InChI is InChI=1S/C10H16N2O2/c1-6-11-8(10(2,3)4)7(13)9(14)12(6)5/h13H,1-5H3. The van der Waals surface area contributed by atoms with Gasteiger partial charge < -0.3 is 5.11 Å². The summed E-state index contributed by atoms with van der Waals surface area (Å²) in [4.78, 5) is 15.7. The van der Waals surface area contributed by atoms with Crippen LogP contribution in [0.4, 0.5) is 0 Å². The molecule has 0 fully saturated rings. The Balaban J connectivity index is 3.58. The molecule has 0 aliphatic rings. The van der Waals surface area contributed by atoms with Crippen LogP contribution in [-0.2, 0) is 12.5 Å². The van der Waals surface area contributed by atoms with Crippen LogP contribution in [0.5, 0.6) is 5.75 Å². The number of nitrogens with zero attached hydrogens (tertiary/aromatic N) is 2. The average Bonchev–Trinajstić information content (AvgIpc) is 2.06. The topological polar surface area (TPSA) is 55.1 Å². The second-order valence-electron chi connectivity index (χ2n) is 4.47. The average molecular weight is 196 g/mol. The van der Waals surface area contributed by atoms with Crippen molar-refractivity contribution in [2.24, 2.45) is 7.05 Å². The monoisotopic (exact) mass is 196 g/mol. The molecule has 1 N–H and O–H groups in total. The van der Waals surface area contributed by atoms with Gasteiger partial charge in [-0.05, 0) is 6.92 Å². The Labute approximate surface area is 83.2 Å². The molecule has 1 heterocycles. The molecule has 1 rings (SSSR count). The minimum Gasteiger partial charge on any atom is -0.502 e. The lowest BCUT2D eigenvalue weighted by molar-refractivity contribution is 0.419. The normalized spacial score (nSPS) is 11.8. The van der Waals surface area contributed by atoms with Crippen LogP contribution < -0.4 is 5.56 Å². The van der Waals surface area contributed by atoms with Crippen LogP contribution in [0.3, 0.4) is 0 Å². The van der Waals surface area contributed by atoms with Gasteiger partial charge in [0.25, 0.3) is 5.56 Å². The summed E-state index contributed by atoms with van der Waals surface area (Å²) < 4.78 is 1.34. The molecule has 0 amide bonds. The quantitative estimate of drug-likeness (QED) is 0.675. The van der Waals surface area contributed by atoms with Gasteiger partial charge in [0.2, 0.25) is 5.75 Å². The van der Waals surface area contributed by atoms with Crippen molar-refractivity contribution in [1.82, 2.24) is 9.55 Å². The highest BCUT2D eigenvalue weighted by Gasteiger charge is 2.23. The predicted octanol–water partition coefficient (Wildman–Crippen LogP) is 1.09. The molecule has 14 heavy (non-hydrogen) atoms. The molecule has 4 heteroatoms. The Morgan fingerprint density at radius 2 is 1.86 bits per heavy atom. The molecular formula is C10H16N2O2. The third-order valence-corrected chi connectivity index (χ3v) is 2.20. The minimum atomic E-state index is -0.387. The zero-order valence-corrected chi connectivity index (χ0v) is 9.25. The van der Waals surface area contributed by atoms with E-state index in [1.54, 1.807) is 14.0 Å². The first-order chi connectivity index (χ1) is 6.25. The third kappa shape index (κ3) is 1.64. The predicted molar refractivity (Wildman–Crippen MR) is 54.6 cm³/mol. The SMILES string of the molecule is Cc1nc(C(C)(C)C)c(O)c(=O)n1C. The highest BCUT2D eigenvalue weighted by atomic mass is 16.3. The van der Waals surface area contributed by atoms with Crippen molar-refractivity contribution in [3.05, 3.63) is 21.9 Å². The summed E-state index contributed by atoms with van der Waals surface area (Å²) in [5, 5.41) is 9.64. The van der Waals surface area contributed by atoms with Crippen LogP contribution >= 0.6 is 0 Å². The Morgan fingerprint density at radius 1 is 1.36 bits per heavy atom. The van der Waals surface area contributed by atoms with Gasteiger partial charge in [0.1, 0.15) is 5.82 Å². The largest absolute Gasteiger partial charge is 0.502 e. The summed E-state index contributed by atoms with van der Waals surface area (Å²) in [6.07, 6.45) is 0. The van der Waals surface area contributed by atoms with E-state index in [-0.39, 0.29) is 16.7 Å². The van der Waals surface area contributed by atoms with E-state index in [9.17, 15) is 9.90 Å². The van der Waals surface area contributed by atoms with E-state index in [1.807, 2.05) is 20.8 Å². The fourth-order valence-corrected chi connectivity index (χ4v) is 1.22. The van der Waals surface area contributed by atoms with Gasteiger partial charge in [-0.15, -0.1) is 0 Å². The summed E-state index contributed by atoms with van der Waals surface area (Å²) in [5.41, 5.74) is -0.247. The molecule has 0 radical (unpaired) electrons. The summed E-state index contributed by atoms with van der Waals surface area (Å²) in [7, 11) is 1.59. The maximum absolute atomic E-state index is 11.5. The number of hydrogen-bond acceptors (Lipinski definition) is 3. The van der Waals surface area contributed by atoms with Crippen molar-refractivity contribution in [1.29, 1.82) is 0 Å². The van der Waals surface area contributed by atoms with E-state index in [2.05, 4.69) is 4.98 Å². The molecule has 0 saturated heterocycles. The van der Waals surface area contributed by atoms with Gasteiger partial charge in [0.15, 0.2) is 0 Å². The second-order valence-corrected chi connectivity index (χ2v) is 4.47. The summed E-state index contributed by atoms with van der Waals surface area (Å²) in [5.74, 6) is 0.364. The molecule has 4 nitrogen and oxygen atoms in total. The maximum Gasteiger partial charge on any atom is 0.295 e. The minimum absolute atomic E-state index is 0.245. The zero-order chi connectivity index (χ0) is 11.1.